The smallest absolute Gasteiger partial charge is 0.300 e. The molecule has 5 nitrogen and oxygen atoms in total. The van der Waals surface area contributed by atoms with Gasteiger partial charge >= 0.3 is 0 Å². The lowest BCUT2D eigenvalue weighted by Crippen LogP contribution is -2.29. The Balaban J connectivity index is 1.99. The van der Waals surface area contributed by atoms with Crippen LogP contribution in [0.1, 0.15) is 33.2 Å². The van der Waals surface area contributed by atoms with Gasteiger partial charge in [0.05, 0.1) is 18.2 Å². The van der Waals surface area contributed by atoms with Gasteiger partial charge in [-0.25, -0.2) is 0 Å². The van der Waals surface area contributed by atoms with Gasteiger partial charge in [0.15, 0.2) is 0 Å². The van der Waals surface area contributed by atoms with Crippen LogP contribution in [0.15, 0.2) is 59.5 Å². The summed E-state index contributed by atoms with van der Waals surface area (Å²) in [5.74, 6) is -1.11. The number of ether oxygens (including phenoxy) is 1. The van der Waals surface area contributed by atoms with Crippen molar-refractivity contribution in [1.82, 2.24) is 0 Å². The molecule has 6 heteroatoms. The number of methoxy groups -OCH3 is 1. The second-order valence-corrected chi connectivity index (χ2v) is 8.67. The Morgan fingerprint density at radius 3 is 2.45 bits per heavy atom. The first kappa shape index (κ1) is 20.9. The first-order chi connectivity index (χ1) is 14.8. The number of carbonyl (C=O) groups is 2. The Hall–Kier alpha value is -3.38. The minimum atomic E-state index is -0.715. The Morgan fingerprint density at radius 2 is 1.81 bits per heavy atom. The van der Waals surface area contributed by atoms with E-state index >= 15 is 0 Å². The Morgan fingerprint density at radius 1 is 1.03 bits per heavy atom. The molecule has 2 aromatic carbocycles. The molecule has 3 aromatic rings. The van der Waals surface area contributed by atoms with Crippen molar-refractivity contribution in [1.29, 1.82) is 0 Å². The van der Waals surface area contributed by atoms with Crippen LogP contribution in [-0.4, -0.2) is 23.9 Å². The van der Waals surface area contributed by atoms with E-state index in [1.807, 2.05) is 62.5 Å². The molecule has 1 atom stereocenters. The maximum absolute atomic E-state index is 13.2. The SMILES string of the molecule is COc1c(C)cc(C)cc1/C(O)=C1/C(=O)C(=O)N(c2cccc(C)c2)C1c1cccs1. The van der Waals surface area contributed by atoms with Gasteiger partial charge in [0.25, 0.3) is 11.7 Å². The van der Waals surface area contributed by atoms with Gasteiger partial charge in [-0.05, 0) is 67.1 Å². The fourth-order valence-electron chi connectivity index (χ4n) is 4.14. The van der Waals surface area contributed by atoms with Crippen molar-refractivity contribution in [3.63, 3.8) is 0 Å². The van der Waals surface area contributed by atoms with Gasteiger partial charge in [-0.1, -0.05) is 24.3 Å². The van der Waals surface area contributed by atoms with Gasteiger partial charge in [-0.2, -0.15) is 0 Å². The van der Waals surface area contributed by atoms with Gasteiger partial charge in [0.2, 0.25) is 0 Å². The monoisotopic (exact) mass is 433 g/mol. The largest absolute Gasteiger partial charge is 0.507 e. The van der Waals surface area contributed by atoms with Gasteiger partial charge < -0.3 is 9.84 Å². The number of benzene rings is 2. The van der Waals surface area contributed by atoms with Crippen LogP contribution in [0.3, 0.4) is 0 Å². The molecule has 1 fully saturated rings. The summed E-state index contributed by atoms with van der Waals surface area (Å²) in [4.78, 5) is 28.7. The van der Waals surface area contributed by atoms with E-state index < -0.39 is 17.7 Å². The average molecular weight is 434 g/mol. The summed E-state index contributed by atoms with van der Waals surface area (Å²) in [5.41, 5.74) is 3.82. The number of ketones is 1. The standard InChI is InChI=1S/C25H23NO4S/c1-14-7-5-8-17(12-14)26-21(19-9-6-10-31-19)20(23(28)25(26)29)22(27)18-13-15(2)11-16(3)24(18)30-4/h5-13,21,27H,1-4H3/b22-20-. The third kappa shape index (κ3) is 3.53. The molecule has 1 aliphatic rings. The molecule has 0 spiro atoms. The molecule has 0 aliphatic carbocycles. The van der Waals surface area contributed by atoms with Gasteiger partial charge in [-0.3, -0.25) is 14.5 Å². The lowest BCUT2D eigenvalue weighted by Gasteiger charge is -2.24. The molecule has 1 aromatic heterocycles. The Labute approximate surface area is 185 Å². The van der Waals surface area contributed by atoms with Crippen LogP contribution in [0, 0.1) is 20.8 Å². The lowest BCUT2D eigenvalue weighted by atomic mass is 9.96. The van der Waals surface area contributed by atoms with Gasteiger partial charge in [-0.15, -0.1) is 11.3 Å². The third-order valence-electron chi connectivity index (χ3n) is 5.42. The van der Waals surface area contributed by atoms with E-state index in [2.05, 4.69) is 0 Å². The van der Waals surface area contributed by atoms with Crippen molar-refractivity contribution in [3.8, 4) is 5.75 Å². The molecule has 4 rings (SSSR count). The molecule has 0 bridgehead atoms. The second-order valence-electron chi connectivity index (χ2n) is 7.69. The summed E-state index contributed by atoms with van der Waals surface area (Å²) in [7, 11) is 1.52. The zero-order chi connectivity index (χ0) is 22.3. The quantitative estimate of drug-likeness (QED) is 0.344. The summed E-state index contributed by atoms with van der Waals surface area (Å²) in [6.07, 6.45) is 0. The van der Waals surface area contributed by atoms with E-state index in [0.717, 1.165) is 21.6 Å². The van der Waals surface area contributed by atoms with E-state index in [-0.39, 0.29) is 11.3 Å². The van der Waals surface area contributed by atoms with Crippen LogP contribution < -0.4 is 9.64 Å². The molecule has 2 heterocycles. The molecule has 31 heavy (non-hydrogen) atoms. The first-order valence-electron chi connectivity index (χ1n) is 9.90. The maximum atomic E-state index is 13.2. The summed E-state index contributed by atoms with van der Waals surface area (Å²) in [6.45, 7) is 5.72. The predicted octanol–water partition coefficient (Wildman–Crippen LogP) is 5.31. The zero-order valence-corrected chi connectivity index (χ0v) is 18.6. The number of carbonyl (C=O) groups excluding carboxylic acids is 2. The van der Waals surface area contributed by atoms with E-state index in [0.29, 0.717) is 17.0 Å². The minimum Gasteiger partial charge on any atom is -0.507 e. The number of hydrogen-bond acceptors (Lipinski definition) is 5. The molecular formula is C25H23NO4S. The molecule has 158 valence electrons. The minimum absolute atomic E-state index is 0.0669. The van der Waals surface area contributed by atoms with Crippen molar-refractivity contribution in [2.24, 2.45) is 0 Å². The van der Waals surface area contributed by atoms with Gasteiger partial charge in [0.1, 0.15) is 17.6 Å². The molecule has 1 amide bonds. The number of amides is 1. The number of anilines is 1. The predicted molar refractivity (Wildman–Crippen MR) is 123 cm³/mol. The Bertz CT molecular complexity index is 1210. The summed E-state index contributed by atoms with van der Waals surface area (Å²) < 4.78 is 5.53. The van der Waals surface area contributed by atoms with Crippen LogP contribution in [-0.2, 0) is 9.59 Å². The van der Waals surface area contributed by atoms with Crippen LogP contribution >= 0.6 is 11.3 Å². The molecular weight excluding hydrogens is 410 g/mol. The third-order valence-corrected chi connectivity index (χ3v) is 6.34. The number of aryl methyl sites for hydroxylation is 3. The highest BCUT2D eigenvalue weighted by atomic mass is 32.1. The number of nitrogens with zero attached hydrogens (tertiary/aromatic N) is 1. The van der Waals surface area contributed by atoms with Crippen molar-refractivity contribution < 1.29 is 19.4 Å². The highest BCUT2D eigenvalue weighted by Gasteiger charge is 2.47. The highest BCUT2D eigenvalue weighted by molar-refractivity contribution is 7.10. The maximum Gasteiger partial charge on any atom is 0.300 e. The number of aliphatic hydroxyl groups is 1. The van der Waals surface area contributed by atoms with Crippen LogP contribution in [0.4, 0.5) is 5.69 Å². The van der Waals surface area contributed by atoms with E-state index in [9.17, 15) is 14.7 Å². The van der Waals surface area contributed by atoms with Crippen molar-refractivity contribution in [2.75, 3.05) is 12.0 Å². The van der Waals surface area contributed by atoms with Crippen molar-refractivity contribution >= 4 is 34.5 Å². The number of aliphatic hydroxyl groups excluding tert-OH is 1. The van der Waals surface area contributed by atoms with Crippen LogP contribution in [0.25, 0.3) is 5.76 Å². The highest BCUT2D eigenvalue weighted by Crippen LogP contribution is 2.45. The average Bonchev–Trinajstić information content (AvgIpc) is 3.34. The molecule has 0 saturated carbocycles. The number of rotatable bonds is 4. The molecule has 0 radical (unpaired) electrons. The molecule has 1 saturated heterocycles. The number of Topliss-reactive ketones (excluding diaryl/α,β-unsaturated/α-hetero) is 1. The summed E-state index contributed by atoms with van der Waals surface area (Å²) >= 11 is 1.44. The molecule has 1 unspecified atom stereocenters. The number of hydrogen-bond donors (Lipinski definition) is 1. The van der Waals surface area contributed by atoms with Crippen molar-refractivity contribution in [3.05, 3.63) is 86.6 Å². The summed E-state index contributed by atoms with van der Waals surface area (Å²) in [5, 5.41) is 13.3. The fraction of sp³-hybridized carbons (Fsp3) is 0.200. The van der Waals surface area contributed by atoms with Crippen molar-refractivity contribution in [2.45, 2.75) is 26.8 Å². The fourth-order valence-corrected chi connectivity index (χ4v) is 4.96. The van der Waals surface area contributed by atoms with Crippen LogP contribution in [0.5, 0.6) is 5.75 Å². The van der Waals surface area contributed by atoms with E-state index in [1.165, 1.54) is 23.3 Å². The van der Waals surface area contributed by atoms with Gasteiger partial charge in [0, 0.05) is 10.6 Å². The first-order valence-corrected chi connectivity index (χ1v) is 10.8. The molecule has 1 aliphatic heterocycles. The topological polar surface area (TPSA) is 66.8 Å². The van der Waals surface area contributed by atoms with Crippen LogP contribution in [0.2, 0.25) is 0 Å². The lowest BCUT2D eigenvalue weighted by molar-refractivity contribution is -0.132. The molecule has 1 N–H and O–H groups in total. The van der Waals surface area contributed by atoms with E-state index in [1.54, 1.807) is 12.1 Å². The summed E-state index contributed by atoms with van der Waals surface area (Å²) in [6, 6.07) is 14.2. The zero-order valence-electron chi connectivity index (χ0n) is 17.8. The number of thiophene rings is 1. The normalized spacial score (nSPS) is 17.9. The Kier molecular flexibility index (Phi) is 5.41. The van der Waals surface area contributed by atoms with E-state index in [4.69, 9.17) is 4.74 Å². The second kappa shape index (κ2) is 8.04.